The van der Waals surface area contributed by atoms with Gasteiger partial charge in [-0.15, -0.1) is 0 Å². The topological polar surface area (TPSA) is 18.5 Å². The van der Waals surface area contributed by atoms with Crippen molar-refractivity contribution in [2.24, 2.45) is 0 Å². The van der Waals surface area contributed by atoms with Gasteiger partial charge in [-0.05, 0) is 51.4 Å². The number of thiol groups is 4. The van der Waals surface area contributed by atoms with Crippen LogP contribution in [-0.4, -0.2) is 47.4 Å². The molecule has 2 nitrogen and oxygen atoms in total. The molecule has 4 unspecified atom stereocenters. The second-order valence-electron chi connectivity index (χ2n) is 6.15. The van der Waals surface area contributed by atoms with Crippen LogP contribution in [0.1, 0.15) is 51.4 Å². The van der Waals surface area contributed by atoms with Gasteiger partial charge in [0.05, 0.1) is 0 Å². The summed E-state index contributed by atoms with van der Waals surface area (Å²) < 4.78 is 11.4. The van der Waals surface area contributed by atoms with Crippen molar-refractivity contribution < 1.29 is 9.47 Å². The fourth-order valence-corrected chi connectivity index (χ4v) is 3.45. The first-order valence-electron chi connectivity index (χ1n) is 8.45. The van der Waals surface area contributed by atoms with Crippen LogP contribution in [0.3, 0.4) is 0 Å². The molecule has 1 fully saturated rings. The molecule has 0 spiro atoms. The predicted octanol–water partition coefficient (Wildman–Crippen LogP) is 4.35. The molecule has 0 aromatic heterocycles. The molecular formula is C16H32O2S4. The zero-order valence-corrected chi connectivity index (χ0v) is 17.0. The third-order valence-corrected chi connectivity index (χ3v) is 6.11. The summed E-state index contributed by atoms with van der Waals surface area (Å²) in [5.41, 5.74) is 0. The Bertz CT molecular complexity index is 219. The van der Waals surface area contributed by atoms with Crippen molar-refractivity contribution in [1.82, 2.24) is 0 Å². The van der Waals surface area contributed by atoms with Gasteiger partial charge < -0.3 is 9.47 Å². The van der Waals surface area contributed by atoms with Crippen LogP contribution in [0.2, 0.25) is 0 Å². The minimum Gasteiger partial charge on any atom is -0.381 e. The molecule has 4 atom stereocenters. The molecular weight excluding hydrogens is 352 g/mol. The molecule has 1 aliphatic heterocycles. The summed E-state index contributed by atoms with van der Waals surface area (Å²) in [6, 6.07) is 0. The first kappa shape index (κ1) is 21.4. The Morgan fingerprint density at radius 3 is 0.864 bits per heavy atom. The molecule has 22 heavy (non-hydrogen) atoms. The lowest BCUT2D eigenvalue weighted by atomic mass is 10.1. The maximum Gasteiger partial charge on any atom is 0.0476 e. The smallest absolute Gasteiger partial charge is 0.0476 e. The molecule has 0 bridgehead atoms. The molecule has 0 N–H and O–H groups in total. The van der Waals surface area contributed by atoms with Crippen LogP contribution < -0.4 is 0 Å². The highest BCUT2D eigenvalue weighted by atomic mass is 32.1. The average Bonchev–Trinajstić information content (AvgIpc) is 2.49. The number of hydrogen-bond acceptors (Lipinski definition) is 6. The Balaban J connectivity index is 2.31. The van der Waals surface area contributed by atoms with Crippen molar-refractivity contribution in [2.75, 3.05) is 26.4 Å². The fraction of sp³-hybridized carbons (Fsp3) is 1.00. The molecule has 0 aromatic carbocycles. The van der Waals surface area contributed by atoms with Crippen LogP contribution in [0, 0.1) is 0 Å². The van der Waals surface area contributed by atoms with Crippen molar-refractivity contribution in [1.29, 1.82) is 0 Å². The Kier molecular flexibility index (Phi) is 13.2. The van der Waals surface area contributed by atoms with Gasteiger partial charge in [0.1, 0.15) is 0 Å². The molecule has 1 rings (SSSR count). The van der Waals surface area contributed by atoms with Gasteiger partial charge in [-0.1, -0.05) is 0 Å². The summed E-state index contributed by atoms with van der Waals surface area (Å²) in [5.74, 6) is 0. The quantitative estimate of drug-likeness (QED) is 0.466. The van der Waals surface area contributed by atoms with Gasteiger partial charge in [0.25, 0.3) is 0 Å². The lowest BCUT2D eigenvalue weighted by Gasteiger charge is -2.17. The minimum absolute atomic E-state index is 0.409. The molecule has 1 heterocycles. The molecule has 0 saturated carbocycles. The van der Waals surface area contributed by atoms with E-state index in [1.54, 1.807) is 0 Å². The Morgan fingerprint density at radius 2 is 0.636 bits per heavy atom. The van der Waals surface area contributed by atoms with E-state index in [1.807, 2.05) is 0 Å². The van der Waals surface area contributed by atoms with E-state index in [0.29, 0.717) is 21.0 Å². The summed E-state index contributed by atoms with van der Waals surface area (Å²) in [4.78, 5) is 0. The molecule has 6 heteroatoms. The molecule has 1 saturated heterocycles. The van der Waals surface area contributed by atoms with Gasteiger partial charge in [0, 0.05) is 47.4 Å². The largest absolute Gasteiger partial charge is 0.381 e. The number of ether oxygens (including phenoxy) is 2. The lowest BCUT2D eigenvalue weighted by molar-refractivity contribution is 0.123. The van der Waals surface area contributed by atoms with Crippen LogP contribution in [0.15, 0.2) is 0 Å². The van der Waals surface area contributed by atoms with Gasteiger partial charge >= 0.3 is 0 Å². The van der Waals surface area contributed by atoms with Gasteiger partial charge in [0.15, 0.2) is 0 Å². The monoisotopic (exact) mass is 384 g/mol. The van der Waals surface area contributed by atoms with Gasteiger partial charge in [-0.3, -0.25) is 0 Å². The zero-order chi connectivity index (χ0) is 16.2. The van der Waals surface area contributed by atoms with Crippen LogP contribution in [0.4, 0.5) is 0 Å². The van der Waals surface area contributed by atoms with E-state index in [0.717, 1.165) is 77.8 Å². The van der Waals surface area contributed by atoms with E-state index in [2.05, 4.69) is 50.5 Å². The third-order valence-electron chi connectivity index (χ3n) is 4.05. The Labute approximate surface area is 158 Å². The zero-order valence-electron chi connectivity index (χ0n) is 13.4. The SMILES string of the molecule is SC1CCOCCC(S)CCC(S)CCOCCC(S)CC1. The average molecular weight is 385 g/mol. The maximum absolute atomic E-state index is 5.72. The van der Waals surface area contributed by atoms with E-state index in [1.165, 1.54) is 0 Å². The van der Waals surface area contributed by atoms with Crippen molar-refractivity contribution >= 4 is 50.5 Å². The standard InChI is InChI=1S/C16H32O2S4/c19-13-1-2-14(20)6-10-18-12-8-16(22)4-3-15(21)7-11-17-9-5-13/h13-16,19-22H,1-12H2. The van der Waals surface area contributed by atoms with Crippen molar-refractivity contribution in [3.8, 4) is 0 Å². The third kappa shape index (κ3) is 11.8. The van der Waals surface area contributed by atoms with E-state index < -0.39 is 0 Å². The summed E-state index contributed by atoms with van der Waals surface area (Å²) >= 11 is 18.6. The van der Waals surface area contributed by atoms with Gasteiger partial charge in [0.2, 0.25) is 0 Å². The number of rotatable bonds is 0. The summed E-state index contributed by atoms with van der Waals surface area (Å²) in [7, 11) is 0. The molecule has 0 amide bonds. The highest BCUT2D eigenvalue weighted by Gasteiger charge is 2.11. The van der Waals surface area contributed by atoms with Gasteiger partial charge in [-0.25, -0.2) is 0 Å². The predicted molar refractivity (Wildman–Crippen MR) is 110 cm³/mol. The molecule has 0 aliphatic carbocycles. The van der Waals surface area contributed by atoms with E-state index >= 15 is 0 Å². The molecule has 0 radical (unpaired) electrons. The highest BCUT2D eigenvalue weighted by Crippen LogP contribution is 2.19. The molecule has 1 aliphatic rings. The fourth-order valence-electron chi connectivity index (χ4n) is 2.43. The number of hydrogen-bond donors (Lipinski definition) is 4. The van der Waals surface area contributed by atoms with Gasteiger partial charge in [-0.2, -0.15) is 50.5 Å². The van der Waals surface area contributed by atoms with E-state index in [-0.39, 0.29) is 0 Å². The maximum atomic E-state index is 5.72. The van der Waals surface area contributed by atoms with Crippen LogP contribution in [0.5, 0.6) is 0 Å². The first-order chi connectivity index (χ1) is 10.6. The molecule has 132 valence electrons. The van der Waals surface area contributed by atoms with Crippen LogP contribution in [0.25, 0.3) is 0 Å². The lowest BCUT2D eigenvalue weighted by Crippen LogP contribution is -2.14. The second kappa shape index (κ2) is 13.6. The highest BCUT2D eigenvalue weighted by molar-refractivity contribution is 7.81. The van der Waals surface area contributed by atoms with Crippen LogP contribution >= 0.6 is 50.5 Å². The summed E-state index contributed by atoms with van der Waals surface area (Å²) in [6.45, 7) is 3.18. The summed E-state index contributed by atoms with van der Waals surface area (Å²) in [5, 5.41) is 1.63. The van der Waals surface area contributed by atoms with Crippen LogP contribution in [-0.2, 0) is 9.47 Å². The van der Waals surface area contributed by atoms with Crippen molar-refractivity contribution in [3.63, 3.8) is 0 Å². The van der Waals surface area contributed by atoms with Crippen molar-refractivity contribution in [2.45, 2.75) is 72.4 Å². The summed E-state index contributed by atoms with van der Waals surface area (Å²) in [6.07, 6.45) is 8.41. The second-order valence-corrected chi connectivity index (χ2v) is 9.07. The van der Waals surface area contributed by atoms with E-state index in [9.17, 15) is 0 Å². The minimum atomic E-state index is 0.409. The normalized spacial score (nSPS) is 35.5. The first-order valence-corrected chi connectivity index (χ1v) is 10.5. The Morgan fingerprint density at radius 1 is 0.409 bits per heavy atom. The van der Waals surface area contributed by atoms with Crippen molar-refractivity contribution in [3.05, 3.63) is 0 Å². The molecule has 0 aromatic rings. The van der Waals surface area contributed by atoms with E-state index in [4.69, 9.17) is 9.47 Å². The Hall–Kier alpha value is 1.32.